The molecule has 2 N–H and O–H groups in total. The number of rotatable bonds is 21. The second-order valence-electron chi connectivity index (χ2n) is 17.8. The number of esters is 2. The molecule has 63 heavy (non-hydrogen) atoms. The average molecular weight is 889 g/mol. The average Bonchev–Trinajstić information content (AvgIpc) is 3.76. The molecule has 3 unspecified atom stereocenters. The van der Waals surface area contributed by atoms with E-state index >= 15 is 0 Å². The normalized spacial score (nSPS) is 24.8. The van der Waals surface area contributed by atoms with Gasteiger partial charge in [0.2, 0.25) is 6.79 Å². The number of unbranched alkanes of at least 4 members (excludes halogenated alkanes) is 13. The number of phenols is 1. The number of ether oxygens (including phenoxy) is 5. The molecule has 5 aliphatic heterocycles. The van der Waals surface area contributed by atoms with E-state index in [2.05, 4.69) is 40.9 Å². The molecule has 0 radical (unpaired) electrons. The molecular weight excluding hydrogens is 821 g/mol. The smallest absolute Gasteiger partial charge is 0.326 e. The number of hydrogen-bond acceptors (Lipinski definition) is 14. The lowest BCUT2D eigenvalue weighted by Gasteiger charge is -2.62. The van der Waals surface area contributed by atoms with Gasteiger partial charge in [0.05, 0.1) is 37.1 Å². The van der Waals surface area contributed by atoms with Crippen LogP contribution in [0.4, 0.5) is 0 Å². The van der Waals surface area contributed by atoms with Gasteiger partial charge in [0, 0.05) is 53.6 Å². The topological polar surface area (TPSA) is 152 Å². The van der Waals surface area contributed by atoms with Gasteiger partial charge in [0.1, 0.15) is 24.4 Å². The highest BCUT2D eigenvalue weighted by atomic mass is 32.2. The second-order valence-corrected chi connectivity index (χ2v) is 19.0. The van der Waals surface area contributed by atoms with Crippen LogP contribution >= 0.6 is 11.8 Å². The summed E-state index contributed by atoms with van der Waals surface area (Å²) < 4.78 is 30.4. The minimum atomic E-state index is -0.813. The number of hydrogen-bond donors (Lipinski definition) is 2. The maximum Gasteiger partial charge on any atom is 0.326 e. The van der Waals surface area contributed by atoms with Gasteiger partial charge in [-0.25, -0.2) is 0 Å². The zero-order chi connectivity index (χ0) is 44.6. The van der Waals surface area contributed by atoms with Gasteiger partial charge in [-0.2, -0.15) is 10.7 Å². The standard InChI is InChI=1S/C49H68N4O9S/c1-7-9-10-11-12-13-14-15-16-17-18-19-20-21-23-61-51-34-28-63-48-40-39(47-46(59-29-60-47)31(4)45(40)62-32(5)54)37(27-58-49(34)56)53-36(26-50)35-25-33-24-30(3)44(57-6)43(55)38(33)41(42(48)53)52(35)22-8-2/h8,24,34-37,41-42,48,51,55H,2,7,9-23,25,27-29H2,1,3-6H3/t34?,35?,36-,37-,41?,42+,48+/m0/s1. The molecule has 7 rings (SSSR count). The number of carbonyl (C=O) groups is 2. The summed E-state index contributed by atoms with van der Waals surface area (Å²) in [7, 11) is 1.55. The van der Waals surface area contributed by atoms with Crippen LogP contribution in [-0.2, 0) is 25.6 Å². The predicted octanol–water partition coefficient (Wildman–Crippen LogP) is 9.16. The molecule has 0 amide bonds. The Morgan fingerprint density at radius 3 is 2.29 bits per heavy atom. The van der Waals surface area contributed by atoms with Gasteiger partial charge in [-0.3, -0.25) is 19.4 Å². The lowest BCUT2D eigenvalue weighted by Crippen LogP contribution is -2.70. The van der Waals surface area contributed by atoms with Crippen molar-refractivity contribution >= 4 is 23.7 Å². The van der Waals surface area contributed by atoms with E-state index in [0.717, 1.165) is 41.5 Å². The van der Waals surface area contributed by atoms with Crippen LogP contribution in [0.1, 0.15) is 154 Å². The molecule has 0 aromatic heterocycles. The highest BCUT2D eigenvalue weighted by Crippen LogP contribution is 2.64. The summed E-state index contributed by atoms with van der Waals surface area (Å²) in [5.41, 5.74) is 7.55. The summed E-state index contributed by atoms with van der Waals surface area (Å²) in [6, 6.07) is 1.25. The Bertz CT molecular complexity index is 2010. The first-order chi connectivity index (χ1) is 30.7. The monoisotopic (exact) mass is 888 g/mol. The summed E-state index contributed by atoms with van der Waals surface area (Å²) in [5, 5.41) is 22.8. The van der Waals surface area contributed by atoms with Crippen molar-refractivity contribution in [3.05, 3.63) is 52.1 Å². The van der Waals surface area contributed by atoms with Gasteiger partial charge in [-0.05, 0) is 37.8 Å². The van der Waals surface area contributed by atoms with Gasteiger partial charge >= 0.3 is 11.9 Å². The first-order valence-electron chi connectivity index (χ1n) is 23.4. The molecule has 4 bridgehead atoms. The number of nitrogens with zero attached hydrogens (tertiary/aromatic N) is 3. The van der Waals surface area contributed by atoms with E-state index in [1.807, 2.05) is 19.9 Å². The highest BCUT2D eigenvalue weighted by molar-refractivity contribution is 7.99. The highest BCUT2D eigenvalue weighted by Gasteiger charge is 2.61. The van der Waals surface area contributed by atoms with E-state index in [-0.39, 0.29) is 30.9 Å². The Kier molecular flexibility index (Phi) is 16.2. The van der Waals surface area contributed by atoms with Crippen LogP contribution in [-0.4, -0.2) is 90.4 Å². The summed E-state index contributed by atoms with van der Waals surface area (Å²) >= 11 is 1.51. The van der Waals surface area contributed by atoms with Crippen molar-refractivity contribution < 1.29 is 43.2 Å². The zero-order valence-corrected chi connectivity index (χ0v) is 38.8. The fourth-order valence-corrected chi connectivity index (χ4v) is 12.3. The molecule has 0 aliphatic carbocycles. The van der Waals surface area contributed by atoms with Crippen LogP contribution < -0.4 is 24.4 Å². The van der Waals surface area contributed by atoms with Crippen molar-refractivity contribution in [2.75, 3.05) is 39.4 Å². The third-order valence-electron chi connectivity index (χ3n) is 13.6. The first-order valence-corrected chi connectivity index (χ1v) is 24.4. The van der Waals surface area contributed by atoms with E-state index in [9.17, 15) is 20.0 Å². The van der Waals surface area contributed by atoms with Crippen LogP contribution in [0, 0.1) is 25.2 Å². The Labute approximate surface area is 378 Å². The number of fused-ring (bicyclic) bond motifs is 9. The first kappa shape index (κ1) is 47.0. The fourth-order valence-electron chi connectivity index (χ4n) is 10.8. The van der Waals surface area contributed by atoms with Crippen LogP contribution in [0.3, 0.4) is 0 Å². The summed E-state index contributed by atoms with van der Waals surface area (Å²) in [5.74, 6) is 1.04. The Hall–Kier alpha value is -4.00. The number of cyclic esters (lactones) is 1. The van der Waals surface area contributed by atoms with Crippen molar-refractivity contribution in [2.45, 2.75) is 166 Å². The van der Waals surface area contributed by atoms with E-state index in [1.54, 1.807) is 7.11 Å². The summed E-state index contributed by atoms with van der Waals surface area (Å²) in [4.78, 5) is 37.4. The summed E-state index contributed by atoms with van der Waals surface area (Å²) in [6.45, 7) is 12.3. The molecule has 13 nitrogen and oxygen atoms in total. The van der Waals surface area contributed by atoms with E-state index < -0.39 is 47.4 Å². The number of benzene rings is 2. The van der Waals surface area contributed by atoms with E-state index in [4.69, 9.17) is 28.5 Å². The third kappa shape index (κ3) is 9.69. The number of piperazine rings is 1. The Morgan fingerprint density at radius 2 is 1.65 bits per heavy atom. The predicted molar refractivity (Wildman–Crippen MR) is 242 cm³/mol. The molecule has 2 aromatic rings. The molecule has 7 atom stereocenters. The molecule has 344 valence electrons. The van der Waals surface area contributed by atoms with Crippen molar-refractivity contribution in [1.82, 2.24) is 15.3 Å². The summed E-state index contributed by atoms with van der Waals surface area (Å²) in [6.07, 6.45) is 20.0. The molecule has 0 saturated carbocycles. The number of phenolic OH excluding ortho intramolecular Hbond substituents is 1. The molecule has 5 aliphatic rings. The van der Waals surface area contributed by atoms with Crippen LogP contribution in [0.5, 0.6) is 28.7 Å². The molecular formula is C49H68N4O9S. The Balaban J connectivity index is 1.15. The van der Waals surface area contributed by atoms with E-state index in [0.29, 0.717) is 53.7 Å². The number of thioether (sulfide) groups is 1. The number of aromatic hydroxyl groups is 1. The minimum absolute atomic E-state index is 0.0387. The maximum atomic E-state index is 14.0. The molecule has 2 fully saturated rings. The Morgan fingerprint density at radius 1 is 0.984 bits per heavy atom. The molecule has 14 heteroatoms. The molecule has 2 saturated heterocycles. The minimum Gasteiger partial charge on any atom is -0.504 e. The van der Waals surface area contributed by atoms with Crippen LogP contribution in [0.25, 0.3) is 0 Å². The maximum absolute atomic E-state index is 14.0. The van der Waals surface area contributed by atoms with Gasteiger partial charge in [-0.15, -0.1) is 18.3 Å². The zero-order valence-electron chi connectivity index (χ0n) is 38.0. The number of nitrogens with one attached hydrogen (secondary N) is 1. The lowest BCUT2D eigenvalue weighted by molar-refractivity contribution is -0.155. The van der Waals surface area contributed by atoms with Gasteiger partial charge in [-0.1, -0.05) is 103 Å². The second kappa shape index (κ2) is 21.8. The SMILES string of the molecule is C=CCN1C2c3c(cc(C)c(OC)c3O)CC1[C@H](C#N)N1[C@H]2[C@@H]2SCC(NOCCCCCCCCCCCCCCCC)C(=O)OC[C@H]1c1c3c(c(C)c(OC(C)=O)c12)OCO3. The van der Waals surface area contributed by atoms with Crippen molar-refractivity contribution in [3.8, 4) is 34.8 Å². The molecule has 5 heterocycles. The largest absolute Gasteiger partial charge is 0.504 e. The third-order valence-corrected chi connectivity index (χ3v) is 15.0. The van der Waals surface area contributed by atoms with Gasteiger partial charge in [0.25, 0.3) is 0 Å². The fraction of sp³-hybridized carbons (Fsp3) is 0.653. The number of hydroxylamine groups is 1. The van der Waals surface area contributed by atoms with Crippen LogP contribution in [0.15, 0.2) is 18.7 Å². The van der Waals surface area contributed by atoms with Crippen molar-refractivity contribution in [2.24, 2.45) is 0 Å². The molecule has 2 aromatic carbocycles. The number of methoxy groups -OCH3 is 1. The van der Waals surface area contributed by atoms with Crippen molar-refractivity contribution in [3.63, 3.8) is 0 Å². The number of aryl methyl sites for hydroxylation is 1. The lowest BCUT2D eigenvalue weighted by atomic mass is 9.71. The van der Waals surface area contributed by atoms with Crippen molar-refractivity contribution in [1.29, 1.82) is 5.26 Å². The molecule has 0 spiro atoms. The number of nitriles is 1. The number of carbonyl (C=O) groups excluding carboxylic acids is 2. The van der Waals surface area contributed by atoms with Gasteiger partial charge in [0.15, 0.2) is 23.0 Å². The quantitative estimate of drug-likeness (QED) is 0.0403. The van der Waals surface area contributed by atoms with Gasteiger partial charge < -0.3 is 33.6 Å². The van der Waals surface area contributed by atoms with Crippen LogP contribution in [0.2, 0.25) is 0 Å². The van der Waals surface area contributed by atoms with E-state index in [1.165, 1.54) is 89.3 Å².